The summed E-state index contributed by atoms with van der Waals surface area (Å²) in [5.74, 6) is -0.365. The van der Waals surface area contributed by atoms with Crippen molar-refractivity contribution >= 4 is 38.7 Å². The Labute approximate surface area is 168 Å². The number of hydrazone groups is 1. The maximum atomic E-state index is 12.7. The number of amides is 1. The molecule has 0 atom stereocenters. The molecule has 1 N–H and O–H groups in total. The molecule has 28 heavy (non-hydrogen) atoms. The summed E-state index contributed by atoms with van der Waals surface area (Å²) in [6.07, 6.45) is 0. The van der Waals surface area contributed by atoms with E-state index in [4.69, 9.17) is 0 Å². The molecule has 0 fully saturated rings. The maximum Gasteiger partial charge on any atom is 0.271 e. The number of sulfonamides is 1. The first-order valence-electron chi connectivity index (χ1n) is 8.42. The van der Waals surface area contributed by atoms with Gasteiger partial charge in [-0.05, 0) is 54.8 Å². The van der Waals surface area contributed by atoms with Crippen molar-refractivity contribution in [2.75, 3.05) is 11.4 Å². The van der Waals surface area contributed by atoms with Gasteiger partial charge < -0.3 is 0 Å². The van der Waals surface area contributed by atoms with Crippen LogP contribution in [0.1, 0.15) is 22.2 Å². The number of carbonyl (C=O) groups is 1. The molecule has 0 radical (unpaired) electrons. The summed E-state index contributed by atoms with van der Waals surface area (Å²) in [5, 5.41) is 6.04. The normalized spacial score (nSPS) is 11.9. The van der Waals surface area contributed by atoms with Gasteiger partial charge in [0.1, 0.15) is 0 Å². The third kappa shape index (κ3) is 4.29. The molecule has 0 aliphatic carbocycles. The van der Waals surface area contributed by atoms with Crippen LogP contribution < -0.4 is 9.73 Å². The summed E-state index contributed by atoms with van der Waals surface area (Å²) in [7, 11) is -2.18. The van der Waals surface area contributed by atoms with Gasteiger partial charge in [0, 0.05) is 17.5 Å². The molecule has 1 amide bonds. The van der Waals surface area contributed by atoms with Gasteiger partial charge in [0.15, 0.2) is 0 Å². The van der Waals surface area contributed by atoms with E-state index in [9.17, 15) is 13.2 Å². The van der Waals surface area contributed by atoms with E-state index in [-0.39, 0.29) is 10.8 Å². The van der Waals surface area contributed by atoms with Crippen molar-refractivity contribution < 1.29 is 13.2 Å². The zero-order valence-electron chi connectivity index (χ0n) is 15.4. The quantitative estimate of drug-likeness (QED) is 0.494. The minimum absolute atomic E-state index is 0.206. The van der Waals surface area contributed by atoms with E-state index < -0.39 is 10.0 Å². The van der Waals surface area contributed by atoms with Gasteiger partial charge in [-0.15, -0.1) is 11.3 Å². The van der Waals surface area contributed by atoms with E-state index in [2.05, 4.69) is 10.5 Å². The Hall–Kier alpha value is -2.97. The highest BCUT2D eigenvalue weighted by molar-refractivity contribution is 7.92. The molecular formula is C20H19N3O3S2. The largest absolute Gasteiger partial charge is 0.271 e. The van der Waals surface area contributed by atoms with Gasteiger partial charge in [-0.3, -0.25) is 9.10 Å². The standard InChI is InChI=1S/C20H19N3O3S2/c1-15(19-9-6-14-27-19)21-22-20(24)16-10-12-17(13-11-16)23(2)28(25,26)18-7-4-3-5-8-18/h3-14H,1-2H3,(H,22,24)/b21-15-. The minimum atomic E-state index is -3.66. The second-order valence-corrected chi connectivity index (χ2v) is 8.86. The number of thiophene rings is 1. The summed E-state index contributed by atoms with van der Waals surface area (Å²) >= 11 is 1.54. The van der Waals surface area contributed by atoms with Gasteiger partial charge in [-0.25, -0.2) is 13.8 Å². The predicted molar refractivity (Wildman–Crippen MR) is 112 cm³/mol. The van der Waals surface area contributed by atoms with Crippen molar-refractivity contribution in [3.63, 3.8) is 0 Å². The van der Waals surface area contributed by atoms with Crippen molar-refractivity contribution in [1.29, 1.82) is 0 Å². The minimum Gasteiger partial charge on any atom is -0.269 e. The van der Waals surface area contributed by atoms with Gasteiger partial charge in [0.25, 0.3) is 15.9 Å². The molecule has 1 aromatic heterocycles. The first-order chi connectivity index (χ1) is 13.4. The summed E-state index contributed by atoms with van der Waals surface area (Å²) in [6, 6.07) is 18.3. The van der Waals surface area contributed by atoms with E-state index in [1.54, 1.807) is 54.6 Å². The van der Waals surface area contributed by atoms with Crippen LogP contribution in [0, 0.1) is 0 Å². The van der Waals surface area contributed by atoms with Crippen LogP contribution in [0.2, 0.25) is 0 Å². The first kappa shape index (κ1) is 19.8. The van der Waals surface area contributed by atoms with Crippen LogP contribution in [0.25, 0.3) is 0 Å². The molecule has 8 heteroatoms. The number of hydrogen-bond donors (Lipinski definition) is 1. The molecule has 0 saturated heterocycles. The molecule has 0 spiro atoms. The highest BCUT2D eigenvalue weighted by atomic mass is 32.2. The lowest BCUT2D eigenvalue weighted by atomic mass is 10.2. The Morgan fingerprint density at radius 2 is 1.68 bits per heavy atom. The molecule has 0 aliphatic heterocycles. The Kier molecular flexibility index (Phi) is 5.91. The summed E-state index contributed by atoms with van der Waals surface area (Å²) < 4.78 is 26.5. The third-order valence-corrected chi connectivity index (χ3v) is 6.88. The molecule has 3 aromatic rings. The molecule has 0 bridgehead atoms. The van der Waals surface area contributed by atoms with Crippen LogP contribution in [0.4, 0.5) is 5.69 Å². The highest BCUT2D eigenvalue weighted by Crippen LogP contribution is 2.22. The average molecular weight is 414 g/mol. The van der Waals surface area contributed by atoms with E-state index >= 15 is 0 Å². The van der Waals surface area contributed by atoms with Crippen molar-refractivity contribution in [2.24, 2.45) is 5.10 Å². The molecule has 0 unspecified atom stereocenters. The molecule has 6 nitrogen and oxygen atoms in total. The first-order valence-corrected chi connectivity index (χ1v) is 10.7. The number of carbonyl (C=O) groups excluding carboxylic acids is 1. The SMILES string of the molecule is C/C(=N/NC(=O)c1ccc(N(C)S(=O)(=O)c2ccccc2)cc1)c1cccs1. The van der Waals surface area contributed by atoms with Gasteiger partial charge in [0.2, 0.25) is 0 Å². The fourth-order valence-corrected chi connectivity index (χ4v) is 4.34. The molecule has 144 valence electrons. The van der Waals surface area contributed by atoms with Gasteiger partial charge >= 0.3 is 0 Å². The molecule has 0 saturated carbocycles. The lowest BCUT2D eigenvalue weighted by Crippen LogP contribution is -2.26. The van der Waals surface area contributed by atoms with Crippen LogP contribution in [-0.4, -0.2) is 27.1 Å². The van der Waals surface area contributed by atoms with Crippen LogP contribution in [0.3, 0.4) is 0 Å². The molecule has 0 aliphatic rings. The van der Waals surface area contributed by atoms with Crippen LogP contribution in [-0.2, 0) is 10.0 Å². The second-order valence-electron chi connectivity index (χ2n) is 5.95. The monoisotopic (exact) mass is 413 g/mol. The van der Waals surface area contributed by atoms with Crippen molar-refractivity contribution in [3.8, 4) is 0 Å². The zero-order chi connectivity index (χ0) is 20.1. The molecular weight excluding hydrogens is 394 g/mol. The van der Waals surface area contributed by atoms with Crippen LogP contribution in [0.5, 0.6) is 0 Å². The highest BCUT2D eigenvalue weighted by Gasteiger charge is 2.21. The third-order valence-electron chi connectivity index (χ3n) is 4.10. The number of nitrogens with one attached hydrogen (secondary N) is 1. The average Bonchev–Trinajstić information content (AvgIpc) is 3.27. The lowest BCUT2D eigenvalue weighted by Gasteiger charge is -2.19. The summed E-state index contributed by atoms with van der Waals surface area (Å²) in [5.41, 5.74) is 4.08. The van der Waals surface area contributed by atoms with Crippen molar-refractivity contribution in [1.82, 2.24) is 5.43 Å². The van der Waals surface area contributed by atoms with Gasteiger partial charge in [-0.2, -0.15) is 5.10 Å². The van der Waals surface area contributed by atoms with Crippen LogP contribution in [0.15, 0.2) is 82.1 Å². The van der Waals surface area contributed by atoms with Crippen LogP contribution >= 0.6 is 11.3 Å². The van der Waals surface area contributed by atoms with E-state index in [0.717, 1.165) is 4.88 Å². The number of anilines is 1. The van der Waals surface area contributed by atoms with Crippen molar-refractivity contribution in [2.45, 2.75) is 11.8 Å². The van der Waals surface area contributed by atoms with Gasteiger partial charge in [0.05, 0.1) is 16.3 Å². The fraction of sp³-hybridized carbons (Fsp3) is 0.100. The van der Waals surface area contributed by atoms with E-state index in [0.29, 0.717) is 17.0 Å². The number of hydrogen-bond acceptors (Lipinski definition) is 5. The fourth-order valence-electron chi connectivity index (χ4n) is 2.45. The van der Waals surface area contributed by atoms with E-state index in [1.807, 2.05) is 24.4 Å². The summed E-state index contributed by atoms with van der Waals surface area (Å²) in [6.45, 7) is 1.82. The number of rotatable bonds is 6. The summed E-state index contributed by atoms with van der Waals surface area (Å²) in [4.78, 5) is 13.5. The lowest BCUT2D eigenvalue weighted by molar-refractivity contribution is 0.0955. The number of nitrogens with zero attached hydrogens (tertiary/aromatic N) is 2. The molecule has 1 heterocycles. The zero-order valence-corrected chi connectivity index (χ0v) is 17.0. The topological polar surface area (TPSA) is 78.8 Å². The number of benzene rings is 2. The second kappa shape index (κ2) is 8.37. The van der Waals surface area contributed by atoms with Gasteiger partial charge in [-0.1, -0.05) is 24.3 Å². The Balaban J connectivity index is 1.72. The Morgan fingerprint density at radius 1 is 1.00 bits per heavy atom. The maximum absolute atomic E-state index is 12.7. The molecule has 2 aromatic carbocycles. The molecule has 3 rings (SSSR count). The predicted octanol–water partition coefficient (Wildman–Crippen LogP) is 3.73. The van der Waals surface area contributed by atoms with E-state index in [1.165, 1.54) is 22.7 Å². The Morgan fingerprint density at radius 3 is 2.29 bits per heavy atom. The Bertz CT molecular complexity index is 1080. The van der Waals surface area contributed by atoms with Crippen molar-refractivity contribution in [3.05, 3.63) is 82.6 Å². The smallest absolute Gasteiger partial charge is 0.269 e.